The van der Waals surface area contributed by atoms with E-state index in [1.165, 1.54) is 7.11 Å². The summed E-state index contributed by atoms with van der Waals surface area (Å²) in [6.07, 6.45) is 1.57. The number of thioether (sulfide) groups is 1. The molecule has 0 atom stereocenters. The Kier molecular flexibility index (Phi) is 3.48. The van der Waals surface area contributed by atoms with Gasteiger partial charge >= 0.3 is 5.97 Å². The van der Waals surface area contributed by atoms with Crippen LogP contribution in [0, 0.1) is 11.5 Å². The summed E-state index contributed by atoms with van der Waals surface area (Å²) in [7, 11) is 1.23. The number of amidine groups is 1. The highest BCUT2D eigenvalue weighted by atomic mass is 32.2. The number of methoxy groups -OCH3 is 1. The number of ether oxygens (including phenoxy) is 1. The van der Waals surface area contributed by atoms with Crippen molar-refractivity contribution in [3.63, 3.8) is 0 Å². The van der Waals surface area contributed by atoms with Crippen LogP contribution in [-0.2, 0) is 14.3 Å². The predicted molar refractivity (Wildman–Crippen MR) is 49.2 cm³/mol. The topological polar surface area (TPSA) is 82.8 Å². The van der Waals surface area contributed by atoms with Gasteiger partial charge in [-0.15, -0.1) is 4.99 Å². The van der Waals surface area contributed by atoms with E-state index in [2.05, 4.69) is 9.73 Å². The van der Waals surface area contributed by atoms with Gasteiger partial charge in [0.05, 0.1) is 12.9 Å². The maximum Gasteiger partial charge on any atom is 0.325 e. The summed E-state index contributed by atoms with van der Waals surface area (Å²) in [5.41, 5.74) is 0. The monoisotopic (exact) mass is 213 g/mol. The second kappa shape index (κ2) is 4.62. The summed E-state index contributed by atoms with van der Waals surface area (Å²) in [6.45, 7) is -0.192. The van der Waals surface area contributed by atoms with Crippen LogP contribution in [0.4, 0.5) is 0 Å². The third-order valence-corrected chi connectivity index (χ3v) is 2.48. The Bertz CT molecular complexity index is 334. The first-order chi connectivity index (χ1) is 6.69. The molecule has 1 rings (SSSR count). The van der Waals surface area contributed by atoms with Gasteiger partial charge in [0.1, 0.15) is 6.54 Å². The fourth-order valence-corrected chi connectivity index (χ4v) is 1.71. The smallest absolute Gasteiger partial charge is 0.325 e. The summed E-state index contributed by atoms with van der Waals surface area (Å²) in [4.78, 5) is 26.7. The predicted octanol–water partition coefficient (Wildman–Crippen LogP) is -0.428. The molecule has 0 aromatic heterocycles. The van der Waals surface area contributed by atoms with E-state index in [0.29, 0.717) is 0 Å². The molecule has 0 radical (unpaired) electrons. The van der Waals surface area contributed by atoms with Crippen molar-refractivity contribution < 1.29 is 14.3 Å². The molecule has 0 saturated carbocycles. The first-order valence-electron chi connectivity index (χ1n) is 3.65. The van der Waals surface area contributed by atoms with Gasteiger partial charge in [0.15, 0.2) is 5.17 Å². The minimum absolute atomic E-state index is 0.192. The standard InChI is InChI=1S/C7H7N3O3S/c1-13-6(12)2-10-5(11)3-14-7(10)9-4-8/h2-3H2,1H3. The number of aliphatic imine (C=N–C) groups is 1. The Balaban J connectivity index is 2.73. The summed E-state index contributed by atoms with van der Waals surface area (Å²) >= 11 is 1.13. The molecule has 1 heterocycles. The van der Waals surface area contributed by atoms with E-state index in [1.807, 2.05) is 0 Å². The Hall–Kier alpha value is -1.55. The lowest BCUT2D eigenvalue weighted by atomic mass is 10.5. The molecule has 0 aromatic rings. The van der Waals surface area contributed by atoms with Crippen molar-refractivity contribution in [2.75, 3.05) is 19.4 Å². The summed E-state index contributed by atoms with van der Waals surface area (Å²) in [6, 6.07) is 0. The van der Waals surface area contributed by atoms with Gasteiger partial charge in [0.25, 0.3) is 0 Å². The van der Waals surface area contributed by atoms with Crippen molar-refractivity contribution in [1.82, 2.24) is 4.90 Å². The molecule has 1 aliphatic heterocycles. The molecule has 7 heteroatoms. The van der Waals surface area contributed by atoms with Crippen LogP contribution in [-0.4, -0.2) is 41.4 Å². The number of nitrogens with zero attached hydrogens (tertiary/aromatic N) is 3. The average Bonchev–Trinajstić information content (AvgIpc) is 2.50. The second-order valence-corrected chi connectivity index (χ2v) is 3.28. The van der Waals surface area contributed by atoms with Gasteiger partial charge in [-0.05, 0) is 0 Å². The highest BCUT2D eigenvalue weighted by molar-refractivity contribution is 8.15. The van der Waals surface area contributed by atoms with Gasteiger partial charge in [0, 0.05) is 0 Å². The maximum absolute atomic E-state index is 11.2. The number of carbonyl (C=O) groups is 2. The normalized spacial score (nSPS) is 18.4. The molecule has 14 heavy (non-hydrogen) atoms. The maximum atomic E-state index is 11.2. The zero-order valence-electron chi connectivity index (χ0n) is 7.39. The molecule has 1 saturated heterocycles. The number of hydrogen-bond acceptors (Lipinski definition) is 6. The molecule has 0 aromatic carbocycles. The van der Waals surface area contributed by atoms with E-state index >= 15 is 0 Å². The zero-order valence-corrected chi connectivity index (χ0v) is 8.21. The largest absolute Gasteiger partial charge is 0.468 e. The molecular formula is C7H7N3O3S. The van der Waals surface area contributed by atoms with Crippen LogP contribution in [0.25, 0.3) is 0 Å². The van der Waals surface area contributed by atoms with Gasteiger partial charge in [-0.1, -0.05) is 11.8 Å². The fraction of sp³-hybridized carbons (Fsp3) is 0.429. The lowest BCUT2D eigenvalue weighted by Crippen LogP contribution is -2.35. The van der Waals surface area contributed by atoms with Crippen LogP contribution in [0.5, 0.6) is 0 Å². The minimum Gasteiger partial charge on any atom is -0.468 e. The molecule has 1 aliphatic rings. The Morgan fingerprint density at radius 3 is 3.14 bits per heavy atom. The molecular weight excluding hydrogens is 206 g/mol. The molecule has 0 aliphatic carbocycles. The zero-order chi connectivity index (χ0) is 10.6. The molecule has 1 fully saturated rings. The molecule has 74 valence electrons. The SMILES string of the molecule is COC(=O)CN1C(=O)CSC1=NC#N. The number of hydrogen-bond donors (Lipinski definition) is 0. The van der Waals surface area contributed by atoms with Gasteiger partial charge in [0.2, 0.25) is 12.1 Å². The van der Waals surface area contributed by atoms with E-state index in [0.717, 1.165) is 16.7 Å². The lowest BCUT2D eigenvalue weighted by molar-refractivity contribution is -0.143. The van der Waals surface area contributed by atoms with E-state index in [1.54, 1.807) is 6.19 Å². The third kappa shape index (κ3) is 2.23. The summed E-state index contributed by atoms with van der Waals surface area (Å²) < 4.78 is 4.41. The Morgan fingerprint density at radius 2 is 2.57 bits per heavy atom. The minimum atomic E-state index is -0.536. The second-order valence-electron chi connectivity index (χ2n) is 2.34. The van der Waals surface area contributed by atoms with Gasteiger partial charge in [-0.25, -0.2) is 0 Å². The Morgan fingerprint density at radius 1 is 1.86 bits per heavy atom. The van der Waals surface area contributed by atoms with Crippen LogP contribution in [0.1, 0.15) is 0 Å². The summed E-state index contributed by atoms with van der Waals surface area (Å²) in [5.74, 6) is -0.571. The van der Waals surface area contributed by atoms with Crippen molar-refractivity contribution in [2.24, 2.45) is 4.99 Å². The van der Waals surface area contributed by atoms with Crippen LogP contribution in [0.2, 0.25) is 0 Å². The molecule has 0 N–H and O–H groups in total. The highest BCUT2D eigenvalue weighted by Crippen LogP contribution is 2.18. The summed E-state index contributed by atoms with van der Waals surface area (Å²) in [5, 5.41) is 8.57. The van der Waals surface area contributed by atoms with E-state index in [9.17, 15) is 9.59 Å². The van der Waals surface area contributed by atoms with Crippen molar-refractivity contribution in [3.8, 4) is 6.19 Å². The quantitative estimate of drug-likeness (QED) is 0.459. The van der Waals surface area contributed by atoms with Gasteiger partial charge in [-0.2, -0.15) is 5.26 Å². The highest BCUT2D eigenvalue weighted by Gasteiger charge is 2.30. The van der Waals surface area contributed by atoms with E-state index in [-0.39, 0.29) is 23.4 Å². The number of amides is 1. The van der Waals surface area contributed by atoms with Crippen molar-refractivity contribution >= 4 is 28.8 Å². The molecule has 6 nitrogen and oxygen atoms in total. The first kappa shape index (κ1) is 10.5. The van der Waals surface area contributed by atoms with Crippen molar-refractivity contribution in [2.45, 2.75) is 0 Å². The van der Waals surface area contributed by atoms with Crippen LogP contribution < -0.4 is 0 Å². The van der Waals surface area contributed by atoms with Gasteiger partial charge < -0.3 is 4.74 Å². The molecule has 1 amide bonds. The number of rotatable bonds is 2. The molecule has 0 bridgehead atoms. The van der Waals surface area contributed by atoms with Crippen LogP contribution >= 0.6 is 11.8 Å². The number of nitriles is 1. The van der Waals surface area contributed by atoms with Crippen LogP contribution in [0.15, 0.2) is 4.99 Å². The average molecular weight is 213 g/mol. The van der Waals surface area contributed by atoms with E-state index in [4.69, 9.17) is 5.26 Å². The fourth-order valence-electron chi connectivity index (χ4n) is 0.874. The lowest BCUT2D eigenvalue weighted by Gasteiger charge is -2.12. The van der Waals surface area contributed by atoms with Crippen LogP contribution in [0.3, 0.4) is 0 Å². The number of carbonyl (C=O) groups excluding carboxylic acids is 2. The van der Waals surface area contributed by atoms with Gasteiger partial charge in [-0.3, -0.25) is 14.5 Å². The van der Waals surface area contributed by atoms with Crippen molar-refractivity contribution in [1.29, 1.82) is 5.26 Å². The Labute approximate surface area is 84.5 Å². The molecule has 0 unspecified atom stereocenters. The van der Waals surface area contributed by atoms with E-state index < -0.39 is 5.97 Å². The first-order valence-corrected chi connectivity index (χ1v) is 4.64. The number of esters is 1. The third-order valence-electron chi connectivity index (χ3n) is 1.52. The van der Waals surface area contributed by atoms with Crippen molar-refractivity contribution in [3.05, 3.63) is 0 Å². The molecule has 0 spiro atoms.